The Morgan fingerprint density at radius 3 is 2.21 bits per heavy atom. The van der Waals surface area contributed by atoms with Gasteiger partial charge in [0.1, 0.15) is 0 Å². The van der Waals surface area contributed by atoms with Crippen LogP contribution in [0.1, 0.15) is 12.8 Å². The first-order valence-corrected chi connectivity index (χ1v) is 5.39. The summed E-state index contributed by atoms with van der Waals surface area (Å²) in [6.07, 6.45) is 2.27. The molecule has 0 spiro atoms. The van der Waals surface area contributed by atoms with Crippen LogP contribution < -0.4 is 0 Å². The third-order valence-corrected chi connectivity index (χ3v) is 3.38. The van der Waals surface area contributed by atoms with E-state index in [-0.39, 0.29) is 6.03 Å². The molecule has 0 N–H and O–H groups in total. The molecule has 4 nitrogen and oxygen atoms in total. The lowest BCUT2D eigenvalue weighted by Crippen LogP contribution is -2.45. The zero-order valence-electron chi connectivity index (χ0n) is 9.07. The van der Waals surface area contributed by atoms with Crippen LogP contribution >= 0.6 is 0 Å². The fourth-order valence-corrected chi connectivity index (χ4v) is 2.31. The van der Waals surface area contributed by atoms with E-state index in [2.05, 4.69) is 11.9 Å². The molecule has 0 radical (unpaired) electrons. The van der Waals surface area contributed by atoms with Gasteiger partial charge in [0.2, 0.25) is 0 Å². The maximum Gasteiger partial charge on any atom is 0.320 e. The van der Waals surface area contributed by atoms with E-state index in [4.69, 9.17) is 0 Å². The molecule has 0 atom stereocenters. The summed E-state index contributed by atoms with van der Waals surface area (Å²) in [6, 6.07) is 0.711. The third-order valence-electron chi connectivity index (χ3n) is 3.38. The van der Waals surface area contributed by atoms with E-state index < -0.39 is 0 Å². The van der Waals surface area contributed by atoms with Crippen molar-refractivity contribution in [2.75, 3.05) is 40.3 Å². The summed E-state index contributed by atoms with van der Waals surface area (Å²) < 4.78 is 0. The van der Waals surface area contributed by atoms with Gasteiger partial charge in [0.25, 0.3) is 0 Å². The lowest BCUT2D eigenvalue weighted by Gasteiger charge is -2.34. The summed E-state index contributed by atoms with van der Waals surface area (Å²) in [5.74, 6) is 0. The maximum absolute atomic E-state index is 11.7. The van der Waals surface area contributed by atoms with E-state index in [0.29, 0.717) is 6.04 Å². The molecule has 2 aliphatic rings. The topological polar surface area (TPSA) is 26.8 Å². The van der Waals surface area contributed by atoms with Gasteiger partial charge in [0, 0.05) is 26.2 Å². The molecule has 4 heteroatoms. The first kappa shape index (κ1) is 9.77. The van der Waals surface area contributed by atoms with Gasteiger partial charge in [-0.05, 0) is 33.0 Å². The van der Waals surface area contributed by atoms with Crippen LogP contribution in [-0.2, 0) is 0 Å². The van der Waals surface area contributed by atoms with Crippen molar-refractivity contribution in [3.8, 4) is 0 Å². The maximum atomic E-state index is 11.7. The molecule has 14 heavy (non-hydrogen) atoms. The van der Waals surface area contributed by atoms with Gasteiger partial charge in [0.15, 0.2) is 0 Å². The number of rotatable bonds is 1. The highest BCUT2D eigenvalue weighted by Gasteiger charge is 2.32. The van der Waals surface area contributed by atoms with Crippen molar-refractivity contribution in [2.24, 2.45) is 0 Å². The summed E-state index contributed by atoms with van der Waals surface area (Å²) in [6.45, 7) is 4.06. The van der Waals surface area contributed by atoms with Gasteiger partial charge in [-0.1, -0.05) is 0 Å². The van der Waals surface area contributed by atoms with Crippen molar-refractivity contribution < 1.29 is 4.79 Å². The van der Waals surface area contributed by atoms with Gasteiger partial charge in [-0.2, -0.15) is 0 Å². The minimum Gasteiger partial charge on any atom is -0.326 e. The normalized spacial score (nSPS) is 26.3. The van der Waals surface area contributed by atoms with Crippen LogP contribution in [0.2, 0.25) is 0 Å². The number of carbonyl (C=O) groups is 1. The van der Waals surface area contributed by atoms with E-state index in [1.54, 1.807) is 0 Å². The third kappa shape index (κ3) is 1.71. The molecule has 0 saturated carbocycles. The molecule has 0 bridgehead atoms. The highest BCUT2D eigenvalue weighted by Crippen LogP contribution is 2.19. The number of likely N-dealkylation sites (N-methyl/N-ethyl adjacent to an activating group) is 1. The van der Waals surface area contributed by atoms with Crippen molar-refractivity contribution in [1.82, 2.24) is 14.7 Å². The monoisotopic (exact) mass is 197 g/mol. The lowest BCUT2D eigenvalue weighted by molar-refractivity contribution is 0.143. The van der Waals surface area contributed by atoms with Crippen LogP contribution in [0.4, 0.5) is 4.79 Å². The number of hydrogen-bond donors (Lipinski definition) is 0. The smallest absolute Gasteiger partial charge is 0.320 e. The average Bonchev–Trinajstić information content (AvgIpc) is 2.50. The van der Waals surface area contributed by atoms with Crippen molar-refractivity contribution in [3.05, 3.63) is 0 Å². The summed E-state index contributed by atoms with van der Waals surface area (Å²) in [5, 5.41) is 0. The molecule has 80 valence electrons. The van der Waals surface area contributed by atoms with E-state index >= 15 is 0 Å². The van der Waals surface area contributed by atoms with Gasteiger partial charge >= 0.3 is 6.03 Å². The Morgan fingerprint density at radius 1 is 1.07 bits per heavy atom. The van der Waals surface area contributed by atoms with Crippen molar-refractivity contribution in [1.29, 1.82) is 0 Å². The Kier molecular flexibility index (Phi) is 2.63. The standard InChI is InChI=1S/C10H19N3O/c1-11-5-3-9(4-6-11)13-8-7-12(2)10(13)14/h9H,3-8H2,1-2H3. The molecule has 2 saturated heterocycles. The fourth-order valence-electron chi connectivity index (χ4n) is 2.31. The SMILES string of the molecule is CN1CCC(N2CCN(C)C2=O)CC1. The molecule has 2 amide bonds. The Hall–Kier alpha value is -0.770. The molecule has 0 aliphatic carbocycles. The number of likely N-dealkylation sites (tertiary alicyclic amines) is 1. The molecular weight excluding hydrogens is 178 g/mol. The van der Waals surface area contributed by atoms with Crippen molar-refractivity contribution in [3.63, 3.8) is 0 Å². The number of amides is 2. The predicted octanol–water partition coefficient (Wildman–Crippen LogP) is 0.448. The minimum absolute atomic E-state index is 0.222. The van der Waals surface area contributed by atoms with E-state index in [1.807, 2.05) is 16.8 Å². The van der Waals surface area contributed by atoms with Gasteiger partial charge < -0.3 is 14.7 Å². The average molecular weight is 197 g/mol. The first-order chi connectivity index (χ1) is 6.68. The first-order valence-electron chi connectivity index (χ1n) is 5.39. The summed E-state index contributed by atoms with van der Waals surface area (Å²) in [5.41, 5.74) is 0. The summed E-state index contributed by atoms with van der Waals surface area (Å²) >= 11 is 0. The van der Waals surface area contributed by atoms with Crippen molar-refractivity contribution >= 4 is 6.03 Å². The highest BCUT2D eigenvalue weighted by atomic mass is 16.2. The molecular formula is C10H19N3O. The molecule has 2 rings (SSSR count). The highest BCUT2D eigenvalue weighted by molar-refractivity contribution is 5.76. The van der Waals surface area contributed by atoms with Crippen molar-refractivity contribution in [2.45, 2.75) is 18.9 Å². The number of piperidine rings is 1. The lowest BCUT2D eigenvalue weighted by atomic mass is 10.0. The zero-order valence-corrected chi connectivity index (χ0v) is 9.07. The van der Waals surface area contributed by atoms with Gasteiger partial charge in [0.05, 0.1) is 0 Å². The Bertz CT molecular complexity index is 223. The Balaban J connectivity index is 1.93. The van der Waals surface area contributed by atoms with Gasteiger partial charge in [-0.3, -0.25) is 0 Å². The molecule has 2 aliphatic heterocycles. The molecule has 0 unspecified atom stereocenters. The molecule has 0 aromatic rings. The van der Waals surface area contributed by atoms with Gasteiger partial charge in [-0.25, -0.2) is 4.79 Å². The second-order valence-corrected chi connectivity index (χ2v) is 4.43. The number of carbonyl (C=O) groups excluding carboxylic acids is 1. The fraction of sp³-hybridized carbons (Fsp3) is 0.900. The summed E-state index contributed by atoms with van der Waals surface area (Å²) in [4.78, 5) is 17.9. The largest absolute Gasteiger partial charge is 0.326 e. The second-order valence-electron chi connectivity index (χ2n) is 4.43. The van der Waals surface area contributed by atoms with E-state index in [1.165, 1.54) is 0 Å². The number of urea groups is 1. The molecule has 0 aromatic carbocycles. The van der Waals surface area contributed by atoms with Crippen LogP contribution in [0.25, 0.3) is 0 Å². The molecule has 2 fully saturated rings. The van der Waals surface area contributed by atoms with Crippen LogP contribution in [0.5, 0.6) is 0 Å². The minimum atomic E-state index is 0.222. The van der Waals surface area contributed by atoms with Crippen LogP contribution in [0, 0.1) is 0 Å². The van der Waals surface area contributed by atoms with Crippen LogP contribution in [0.3, 0.4) is 0 Å². The van der Waals surface area contributed by atoms with E-state index in [9.17, 15) is 4.79 Å². The summed E-state index contributed by atoms with van der Waals surface area (Å²) in [7, 11) is 4.03. The van der Waals surface area contributed by atoms with E-state index in [0.717, 1.165) is 39.0 Å². The Labute approximate surface area is 85.5 Å². The van der Waals surface area contributed by atoms with Crippen LogP contribution in [0.15, 0.2) is 0 Å². The quantitative estimate of drug-likeness (QED) is 0.610. The van der Waals surface area contributed by atoms with Crippen LogP contribution in [-0.4, -0.2) is 67.0 Å². The second kappa shape index (κ2) is 3.77. The molecule has 0 aromatic heterocycles. The zero-order chi connectivity index (χ0) is 10.1. The Morgan fingerprint density at radius 2 is 1.71 bits per heavy atom. The van der Waals surface area contributed by atoms with Gasteiger partial charge in [-0.15, -0.1) is 0 Å². The molecule has 2 heterocycles. The predicted molar refractivity (Wildman–Crippen MR) is 55.3 cm³/mol. The number of nitrogens with zero attached hydrogens (tertiary/aromatic N) is 3. The number of hydrogen-bond acceptors (Lipinski definition) is 2.